The molecule has 0 radical (unpaired) electrons. The third kappa shape index (κ3) is 5.79. The Bertz CT molecular complexity index is 770. The maximum atomic E-state index is 10.8. The van der Waals surface area contributed by atoms with E-state index in [0.717, 1.165) is 10.8 Å². The second-order valence-corrected chi connectivity index (χ2v) is 6.60. The van der Waals surface area contributed by atoms with Crippen LogP contribution >= 0.6 is 0 Å². The van der Waals surface area contributed by atoms with Gasteiger partial charge in [0.1, 0.15) is 0 Å². The minimum Gasteiger partial charge on any atom is -0.286 e. The second-order valence-electron chi connectivity index (χ2n) is 3.72. The lowest BCUT2D eigenvalue weighted by molar-refractivity contribution is 0.482. The smallest absolute Gasteiger partial charge is 0.286 e. The number of hydrogen-bond donors (Lipinski definition) is 2. The van der Waals surface area contributed by atoms with Gasteiger partial charge in [-0.15, -0.1) is 0 Å². The molecule has 0 saturated heterocycles. The van der Waals surface area contributed by atoms with Crippen molar-refractivity contribution in [3.8, 4) is 0 Å². The van der Waals surface area contributed by atoms with Crippen LogP contribution in [-0.4, -0.2) is 32.2 Å². The van der Waals surface area contributed by atoms with Crippen molar-refractivity contribution in [3.63, 3.8) is 0 Å². The molecule has 19 heavy (non-hydrogen) atoms. The Morgan fingerprint density at radius 2 is 1.32 bits per heavy atom. The highest BCUT2D eigenvalue weighted by Gasteiger charge is 2.08. The van der Waals surface area contributed by atoms with Crippen molar-refractivity contribution < 1.29 is 25.9 Å². The molecule has 0 fully saturated rings. The molecule has 0 saturated carbocycles. The van der Waals surface area contributed by atoms with E-state index >= 15 is 0 Å². The molecule has 2 rings (SSSR count). The Balaban J connectivity index is 0.000000312. The van der Waals surface area contributed by atoms with Crippen molar-refractivity contribution in [2.24, 2.45) is 0 Å². The standard InChI is InChI=1S/C10H8O3S.CH4O3S/c11-14(12,13)10-6-5-8-3-1-2-4-9(8)7-10;1-5(2,3)4/h1-7H,(H,11,12,13);1H3,(H,2,3,4). The molecule has 0 aliphatic rings. The minimum atomic E-state index is -4.09. The summed E-state index contributed by atoms with van der Waals surface area (Å²) in [6.07, 6.45) is 0.715. The SMILES string of the molecule is CS(=O)(=O)O.O=S(=O)(O)c1ccc2ccccc2c1. The van der Waals surface area contributed by atoms with Crippen LogP contribution in [0.4, 0.5) is 0 Å². The van der Waals surface area contributed by atoms with Gasteiger partial charge in [0, 0.05) is 0 Å². The van der Waals surface area contributed by atoms with E-state index in [1.807, 2.05) is 18.2 Å². The van der Waals surface area contributed by atoms with Gasteiger partial charge in [-0.25, -0.2) is 0 Å². The topological polar surface area (TPSA) is 109 Å². The molecule has 0 bridgehead atoms. The van der Waals surface area contributed by atoms with Gasteiger partial charge in [-0.05, 0) is 22.9 Å². The summed E-state index contributed by atoms with van der Waals surface area (Å²) in [4.78, 5) is -0.0730. The van der Waals surface area contributed by atoms with Crippen LogP contribution < -0.4 is 0 Å². The molecule has 2 aromatic carbocycles. The summed E-state index contributed by atoms with van der Waals surface area (Å²) in [7, 11) is -7.76. The van der Waals surface area contributed by atoms with Gasteiger partial charge in [0.05, 0.1) is 11.2 Å². The van der Waals surface area contributed by atoms with Crippen LogP contribution in [0.15, 0.2) is 47.4 Å². The molecule has 0 aromatic heterocycles. The Morgan fingerprint density at radius 3 is 1.79 bits per heavy atom. The van der Waals surface area contributed by atoms with Gasteiger partial charge in [0.15, 0.2) is 0 Å². The van der Waals surface area contributed by atoms with Crippen LogP contribution in [0.1, 0.15) is 0 Å². The van der Waals surface area contributed by atoms with Crippen molar-refractivity contribution in [3.05, 3.63) is 42.5 Å². The Morgan fingerprint density at radius 1 is 0.842 bits per heavy atom. The summed E-state index contributed by atoms with van der Waals surface area (Å²) in [5.74, 6) is 0. The number of benzene rings is 2. The predicted octanol–water partition coefficient (Wildman–Crippen LogP) is 1.59. The summed E-state index contributed by atoms with van der Waals surface area (Å²) in [5.41, 5.74) is 0. The fourth-order valence-electron chi connectivity index (χ4n) is 1.33. The van der Waals surface area contributed by atoms with Crippen molar-refractivity contribution in [2.45, 2.75) is 4.90 Å². The first-order valence-electron chi connectivity index (χ1n) is 4.96. The largest absolute Gasteiger partial charge is 0.294 e. The zero-order valence-corrected chi connectivity index (χ0v) is 11.5. The molecule has 2 aromatic rings. The Hall–Kier alpha value is -1.48. The number of hydrogen-bond acceptors (Lipinski definition) is 4. The summed E-state index contributed by atoms with van der Waals surface area (Å²) in [5, 5.41) is 1.74. The lowest BCUT2D eigenvalue weighted by atomic mass is 10.1. The molecule has 6 nitrogen and oxygen atoms in total. The van der Waals surface area contributed by atoms with E-state index in [0.29, 0.717) is 6.26 Å². The van der Waals surface area contributed by atoms with E-state index in [1.54, 1.807) is 12.1 Å². The fraction of sp³-hybridized carbons (Fsp3) is 0.0909. The predicted molar refractivity (Wildman–Crippen MR) is 71.2 cm³/mol. The number of rotatable bonds is 1. The van der Waals surface area contributed by atoms with E-state index in [1.165, 1.54) is 12.1 Å². The zero-order valence-electron chi connectivity index (χ0n) is 9.89. The average Bonchev–Trinajstić information content (AvgIpc) is 2.25. The maximum Gasteiger partial charge on any atom is 0.294 e. The number of fused-ring (bicyclic) bond motifs is 1. The lowest BCUT2D eigenvalue weighted by Crippen LogP contribution is -1.97. The van der Waals surface area contributed by atoms with Gasteiger partial charge in [0.25, 0.3) is 20.2 Å². The van der Waals surface area contributed by atoms with Crippen LogP contribution in [0, 0.1) is 0 Å². The van der Waals surface area contributed by atoms with Gasteiger partial charge in [-0.1, -0.05) is 30.3 Å². The fourth-order valence-corrected chi connectivity index (χ4v) is 1.84. The van der Waals surface area contributed by atoms with Crippen LogP contribution in [0.5, 0.6) is 0 Å². The molecular formula is C11H12O6S2. The molecule has 0 heterocycles. The summed E-state index contributed by atoms with van der Waals surface area (Å²) in [6, 6.07) is 11.9. The van der Waals surface area contributed by atoms with E-state index in [4.69, 9.17) is 9.11 Å². The first kappa shape index (κ1) is 15.6. The van der Waals surface area contributed by atoms with Crippen molar-refractivity contribution in [2.75, 3.05) is 6.26 Å². The van der Waals surface area contributed by atoms with Gasteiger partial charge in [-0.2, -0.15) is 16.8 Å². The molecule has 0 unspecified atom stereocenters. The molecule has 0 amide bonds. The van der Waals surface area contributed by atoms with E-state index in [2.05, 4.69) is 0 Å². The summed E-state index contributed by atoms with van der Waals surface area (Å²) >= 11 is 0. The molecule has 0 spiro atoms. The highest BCUT2D eigenvalue weighted by atomic mass is 32.2. The highest BCUT2D eigenvalue weighted by molar-refractivity contribution is 7.85. The van der Waals surface area contributed by atoms with E-state index < -0.39 is 20.2 Å². The molecule has 2 N–H and O–H groups in total. The second kappa shape index (κ2) is 5.66. The molecule has 0 atom stereocenters. The molecule has 0 aliphatic heterocycles. The zero-order chi connectivity index (χ0) is 14.7. The Labute approximate surface area is 111 Å². The molecule has 104 valence electrons. The van der Waals surface area contributed by atoms with Crippen molar-refractivity contribution in [1.82, 2.24) is 0 Å². The maximum absolute atomic E-state index is 10.8. The molecular weight excluding hydrogens is 292 g/mol. The third-order valence-electron chi connectivity index (χ3n) is 2.02. The summed E-state index contributed by atoms with van der Waals surface area (Å²) < 4.78 is 56.4. The van der Waals surface area contributed by atoms with Crippen LogP contribution in [0.3, 0.4) is 0 Å². The first-order valence-corrected chi connectivity index (χ1v) is 8.25. The third-order valence-corrected chi connectivity index (χ3v) is 2.87. The first-order chi connectivity index (χ1) is 8.57. The average molecular weight is 304 g/mol. The lowest BCUT2D eigenvalue weighted by Gasteiger charge is -1.99. The quantitative estimate of drug-likeness (QED) is 0.774. The van der Waals surface area contributed by atoms with E-state index in [9.17, 15) is 16.8 Å². The van der Waals surface area contributed by atoms with Crippen LogP contribution in [-0.2, 0) is 20.2 Å². The minimum absolute atomic E-state index is 0.0730. The van der Waals surface area contributed by atoms with Gasteiger partial charge < -0.3 is 0 Å². The van der Waals surface area contributed by atoms with Crippen LogP contribution in [0.25, 0.3) is 10.8 Å². The molecule has 0 aliphatic carbocycles. The monoisotopic (exact) mass is 304 g/mol. The molecule has 8 heteroatoms. The Kier molecular flexibility index (Phi) is 4.64. The van der Waals surface area contributed by atoms with Gasteiger partial charge in [0.2, 0.25) is 0 Å². The highest BCUT2D eigenvalue weighted by Crippen LogP contribution is 2.18. The van der Waals surface area contributed by atoms with Crippen LogP contribution in [0.2, 0.25) is 0 Å². The normalized spacial score (nSPS) is 11.7. The van der Waals surface area contributed by atoms with Crippen molar-refractivity contribution in [1.29, 1.82) is 0 Å². The summed E-state index contributed by atoms with van der Waals surface area (Å²) in [6.45, 7) is 0. The van der Waals surface area contributed by atoms with Crippen molar-refractivity contribution >= 4 is 31.0 Å². The van der Waals surface area contributed by atoms with Gasteiger partial charge in [-0.3, -0.25) is 9.11 Å². The van der Waals surface area contributed by atoms with Gasteiger partial charge >= 0.3 is 0 Å². The van der Waals surface area contributed by atoms with E-state index in [-0.39, 0.29) is 4.90 Å².